The number of hydrogen-bond donors (Lipinski definition) is 1. The average molecular weight is 182 g/mol. The Morgan fingerprint density at radius 3 is 2.92 bits per heavy atom. The minimum Gasteiger partial charge on any atom is -0.377 e. The number of ether oxygens (including phenoxy) is 1. The molecule has 3 heteroatoms. The molecule has 1 aliphatic carbocycles. The first-order valence-electron chi connectivity index (χ1n) is 5.25. The van der Waals surface area contributed by atoms with E-state index < -0.39 is 0 Å². The molecule has 0 aromatic rings. The zero-order valence-electron chi connectivity index (χ0n) is 8.25. The third-order valence-corrected chi connectivity index (χ3v) is 2.97. The molecule has 0 spiro atoms. The summed E-state index contributed by atoms with van der Waals surface area (Å²) < 4.78 is 5.42. The zero-order valence-corrected chi connectivity index (χ0v) is 8.25. The van der Waals surface area contributed by atoms with E-state index in [1.165, 1.54) is 12.8 Å². The predicted octanol–water partition coefficient (Wildman–Crippen LogP) is 1.48. The summed E-state index contributed by atoms with van der Waals surface area (Å²) in [6, 6.07) is 0.460. The first kappa shape index (κ1) is 9.00. The molecule has 1 unspecified atom stereocenters. The summed E-state index contributed by atoms with van der Waals surface area (Å²) in [5, 5.41) is 8.00. The van der Waals surface area contributed by atoms with Crippen LogP contribution in [0, 0.1) is 11.3 Å². The van der Waals surface area contributed by atoms with E-state index >= 15 is 0 Å². The molecular formula is C10H18N2O. The van der Waals surface area contributed by atoms with Crippen LogP contribution in [0.3, 0.4) is 0 Å². The van der Waals surface area contributed by atoms with E-state index in [0.29, 0.717) is 12.0 Å². The Bertz CT molecular complexity index is 201. The van der Waals surface area contributed by atoms with Crippen LogP contribution in [0.2, 0.25) is 0 Å². The Kier molecular flexibility index (Phi) is 2.54. The van der Waals surface area contributed by atoms with Crippen LogP contribution in [-0.2, 0) is 4.74 Å². The minimum atomic E-state index is 0.460. The van der Waals surface area contributed by atoms with Crippen molar-refractivity contribution in [3.63, 3.8) is 0 Å². The number of morpholine rings is 1. The summed E-state index contributed by atoms with van der Waals surface area (Å²) in [5.41, 5.74) is 0. The number of nitrogens with zero attached hydrogens (tertiary/aromatic N) is 1. The van der Waals surface area contributed by atoms with Gasteiger partial charge in [0.2, 0.25) is 0 Å². The van der Waals surface area contributed by atoms with E-state index in [1.54, 1.807) is 0 Å². The summed E-state index contributed by atoms with van der Waals surface area (Å²) in [6.07, 6.45) is 3.55. The largest absolute Gasteiger partial charge is 0.377 e. The summed E-state index contributed by atoms with van der Waals surface area (Å²) in [6.45, 7) is 4.71. The van der Waals surface area contributed by atoms with Crippen LogP contribution in [0.1, 0.15) is 26.2 Å². The molecular weight excluding hydrogens is 164 g/mol. The van der Waals surface area contributed by atoms with Gasteiger partial charge >= 0.3 is 0 Å². The molecule has 0 radical (unpaired) electrons. The quantitative estimate of drug-likeness (QED) is 0.519. The Morgan fingerprint density at radius 1 is 1.54 bits per heavy atom. The Hall–Kier alpha value is -0.570. The molecule has 2 fully saturated rings. The lowest BCUT2D eigenvalue weighted by Crippen LogP contribution is -2.48. The number of nitrogens with one attached hydrogen (secondary N) is 1. The van der Waals surface area contributed by atoms with Crippen molar-refractivity contribution < 1.29 is 4.74 Å². The lowest BCUT2D eigenvalue weighted by atomic mass is 10.1. The van der Waals surface area contributed by atoms with Crippen molar-refractivity contribution in [1.29, 1.82) is 5.41 Å². The first-order valence-corrected chi connectivity index (χ1v) is 5.25. The number of hydrogen-bond acceptors (Lipinski definition) is 2. The fourth-order valence-corrected chi connectivity index (χ4v) is 1.90. The van der Waals surface area contributed by atoms with Crippen molar-refractivity contribution in [2.45, 2.75) is 32.2 Å². The van der Waals surface area contributed by atoms with Gasteiger partial charge in [0.1, 0.15) is 0 Å². The smallest absolute Gasteiger partial charge is 0.0993 e. The standard InChI is InChI=1S/C10H18N2O/c1-2-9-7-13-6-5-12(9)10(11)8-3-4-8/h8-9,11H,2-7H2,1H3. The summed E-state index contributed by atoms with van der Waals surface area (Å²) in [4.78, 5) is 2.25. The van der Waals surface area contributed by atoms with E-state index in [0.717, 1.165) is 32.0 Å². The van der Waals surface area contributed by atoms with Crippen molar-refractivity contribution in [1.82, 2.24) is 4.90 Å². The van der Waals surface area contributed by atoms with E-state index in [1.807, 2.05) is 0 Å². The lowest BCUT2D eigenvalue weighted by molar-refractivity contribution is 0.0235. The van der Waals surface area contributed by atoms with Gasteiger partial charge in [0.05, 0.1) is 25.1 Å². The molecule has 1 atom stereocenters. The number of rotatable bonds is 2. The van der Waals surface area contributed by atoms with Crippen LogP contribution in [0.4, 0.5) is 0 Å². The third-order valence-electron chi connectivity index (χ3n) is 2.97. The van der Waals surface area contributed by atoms with Crippen LogP contribution >= 0.6 is 0 Å². The van der Waals surface area contributed by atoms with Crippen molar-refractivity contribution in [3.8, 4) is 0 Å². The molecule has 1 N–H and O–H groups in total. The number of amidine groups is 1. The highest BCUT2D eigenvalue weighted by molar-refractivity contribution is 5.84. The van der Waals surface area contributed by atoms with Crippen molar-refractivity contribution in [3.05, 3.63) is 0 Å². The van der Waals surface area contributed by atoms with Gasteiger partial charge in [0.15, 0.2) is 0 Å². The Labute approximate surface area is 79.6 Å². The molecule has 1 saturated carbocycles. The summed E-state index contributed by atoms with van der Waals surface area (Å²) in [5.74, 6) is 1.45. The normalized spacial score (nSPS) is 29.0. The highest BCUT2D eigenvalue weighted by atomic mass is 16.5. The highest BCUT2D eigenvalue weighted by Crippen LogP contribution is 2.32. The topological polar surface area (TPSA) is 36.3 Å². The first-order chi connectivity index (χ1) is 6.33. The van der Waals surface area contributed by atoms with Gasteiger partial charge in [-0.05, 0) is 19.3 Å². The summed E-state index contributed by atoms with van der Waals surface area (Å²) in [7, 11) is 0. The fourth-order valence-electron chi connectivity index (χ4n) is 1.90. The van der Waals surface area contributed by atoms with Gasteiger partial charge in [-0.1, -0.05) is 6.92 Å². The van der Waals surface area contributed by atoms with Gasteiger partial charge in [0.25, 0.3) is 0 Å². The minimum absolute atomic E-state index is 0.460. The third kappa shape index (κ3) is 1.85. The van der Waals surface area contributed by atoms with E-state index in [9.17, 15) is 0 Å². The van der Waals surface area contributed by atoms with Crippen LogP contribution in [0.25, 0.3) is 0 Å². The second-order valence-corrected chi connectivity index (χ2v) is 3.99. The molecule has 0 aromatic carbocycles. The second-order valence-electron chi connectivity index (χ2n) is 3.99. The summed E-state index contributed by atoms with van der Waals surface area (Å²) >= 11 is 0. The van der Waals surface area contributed by atoms with E-state index in [2.05, 4.69) is 11.8 Å². The maximum absolute atomic E-state index is 8.00. The van der Waals surface area contributed by atoms with Gasteiger partial charge in [-0.15, -0.1) is 0 Å². The Morgan fingerprint density at radius 2 is 2.31 bits per heavy atom. The molecule has 0 amide bonds. The monoisotopic (exact) mass is 182 g/mol. The van der Waals surface area contributed by atoms with Crippen molar-refractivity contribution in [2.24, 2.45) is 5.92 Å². The maximum atomic E-state index is 8.00. The molecule has 1 saturated heterocycles. The van der Waals surface area contributed by atoms with Gasteiger partial charge in [-0.3, -0.25) is 5.41 Å². The molecule has 74 valence electrons. The van der Waals surface area contributed by atoms with Gasteiger partial charge in [-0.2, -0.15) is 0 Å². The van der Waals surface area contributed by atoms with Crippen LogP contribution in [-0.4, -0.2) is 36.5 Å². The SMILES string of the molecule is CCC1COCCN1C(=N)C1CC1. The van der Waals surface area contributed by atoms with E-state index in [4.69, 9.17) is 10.1 Å². The second kappa shape index (κ2) is 3.66. The lowest BCUT2D eigenvalue weighted by Gasteiger charge is -2.37. The van der Waals surface area contributed by atoms with Crippen molar-refractivity contribution >= 4 is 5.84 Å². The fraction of sp³-hybridized carbons (Fsp3) is 0.900. The zero-order chi connectivity index (χ0) is 9.26. The average Bonchev–Trinajstić information content (AvgIpc) is 3.00. The van der Waals surface area contributed by atoms with Crippen LogP contribution in [0.5, 0.6) is 0 Å². The molecule has 2 aliphatic rings. The Balaban J connectivity index is 1.96. The maximum Gasteiger partial charge on any atom is 0.0993 e. The van der Waals surface area contributed by atoms with Gasteiger partial charge < -0.3 is 9.64 Å². The van der Waals surface area contributed by atoms with Gasteiger partial charge in [0, 0.05) is 12.5 Å². The highest BCUT2D eigenvalue weighted by Gasteiger charge is 2.33. The molecule has 1 heterocycles. The predicted molar refractivity (Wildman–Crippen MR) is 52.1 cm³/mol. The molecule has 1 aliphatic heterocycles. The molecule has 2 rings (SSSR count). The van der Waals surface area contributed by atoms with Gasteiger partial charge in [-0.25, -0.2) is 0 Å². The molecule has 0 aromatic heterocycles. The molecule has 3 nitrogen and oxygen atoms in total. The molecule has 13 heavy (non-hydrogen) atoms. The van der Waals surface area contributed by atoms with Crippen LogP contribution in [0.15, 0.2) is 0 Å². The van der Waals surface area contributed by atoms with Crippen LogP contribution < -0.4 is 0 Å². The molecule has 0 bridgehead atoms. The van der Waals surface area contributed by atoms with E-state index in [-0.39, 0.29) is 0 Å². The van der Waals surface area contributed by atoms with Crippen molar-refractivity contribution in [2.75, 3.05) is 19.8 Å².